The van der Waals surface area contributed by atoms with E-state index in [1.54, 1.807) is 18.2 Å². The van der Waals surface area contributed by atoms with Gasteiger partial charge in [0.25, 0.3) is 0 Å². The monoisotopic (exact) mass is 240 g/mol. The number of carbonyl (C=O) groups excluding carboxylic acids is 1. The summed E-state index contributed by atoms with van der Waals surface area (Å²) in [6, 6.07) is 7.17. The Balaban J connectivity index is 2.71. The summed E-state index contributed by atoms with van der Waals surface area (Å²) in [6.07, 6.45) is 1.76. The van der Waals surface area contributed by atoms with Gasteiger partial charge in [-0.05, 0) is 23.3 Å². The Labute approximate surface area is 99.3 Å². The second-order valence-corrected chi connectivity index (χ2v) is 3.73. The Morgan fingerprint density at radius 1 is 1.44 bits per heavy atom. The van der Waals surface area contributed by atoms with E-state index in [2.05, 4.69) is 0 Å². The van der Waals surface area contributed by atoms with Crippen LogP contribution in [0.4, 0.5) is 0 Å². The van der Waals surface area contributed by atoms with Crippen molar-refractivity contribution in [3.8, 4) is 0 Å². The fraction of sp³-hybridized carbons (Fsp3) is 0.250. The highest BCUT2D eigenvalue weighted by Crippen LogP contribution is 2.12. The number of rotatable bonds is 4. The van der Waals surface area contributed by atoms with Crippen LogP contribution in [-0.4, -0.2) is 24.3 Å². The molecule has 0 saturated carbocycles. The number of ether oxygens (including phenoxy) is 1. The van der Waals surface area contributed by atoms with Crippen LogP contribution in [0.5, 0.6) is 0 Å². The first-order valence-electron chi connectivity index (χ1n) is 4.81. The Hall–Kier alpha value is -1.32. The molecule has 0 aliphatic heterocycles. The molecule has 0 radical (unpaired) electrons. The van der Waals surface area contributed by atoms with Crippen LogP contribution in [0.25, 0.3) is 6.08 Å². The lowest BCUT2D eigenvalue weighted by atomic mass is 10.1. The van der Waals surface area contributed by atoms with Crippen LogP contribution in [0.3, 0.4) is 0 Å². The summed E-state index contributed by atoms with van der Waals surface area (Å²) in [5.74, 6) is -0.365. The quantitative estimate of drug-likeness (QED) is 0.822. The molecule has 86 valence electrons. The van der Waals surface area contributed by atoms with E-state index >= 15 is 0 Å². The maximum absolute atomic E-state index is 10.6. The number of aliphatic hydroxyl groups is 1. The molecule has 0 unspecified atom stereocenters. The zero-order chi connectivity index (χ0) is 12.0. The molecule has 0 aliphatic rings. The van der Waals surface area contributed by atoms with Crippen LogP contribution in [0.15, 0.2) is 29.8 Å². The molecule has 16 heavy (non-hydrogen) atoms. The zero-order valence-corrected chi connectivity index (χ0v) is 9.70. The van der Waals surface area contributed by atoms with Crippen LogP contribution in [-0.2, 0) is 9.53 Å². The number of halogens is 1. The van der Waals surface area contributed by atoms with Crippen molar-refractivity contribution >= 4 is 23.6 Å². The van der Waals surface area contributed by atoms with Crippen LogP contribution >= 0.6 is 11.6 Å². The zero-order valence-electron chi connectivity index (χ0n) is 8.94. The summed E-state index contributed by atoms with van der Waals surface area (Å²) in [6.45, 7) is 1.29. The molecule has 1 aromatic carbocycles. The van der Waals surface area contributed by atoms with Crippen molar-refractivity contribution in [1.29, 1.82) is 0 Å². The standard InChI is InChI=1S/C12H13ClO3/c1-9(15)16-8-11(7-14)6-10-2-4-12(13)5-3-10/h2-6,14H,7-8H2,1H3/b11-6+. The van der Waals surface area contributed by atoms with Gasteiger partial charge in [0.1, 0.15) is 6.61 Å². The van der Waals surface area contributed by atoms with Gasteiger partial charge in [-0.2, -0.15) is 0 Å². The van der Waals surface area contributed by atoms with Crippen molar-refractivity contribution in [1.82, 2.24) is 0 Å². The van der Waals surface area contributed by atoms with E-state index in [9.17, 15) is 4.79 Å². The molecule has 1 aromatic rings. The Bertz CT molecular complexity index is 382. The third-order valence-electron chi connectivity index (χ3n) is 1.90. The fourth-order valence-corrected chi connectivity index (χ4v) is 1.25. The summed E-state index contributed by atoms with van der Waals surface area (Å²) in [7, 11) is 0. The number of aliphatic hydroxyl groups excluding tert-OH is 1. The first-order chi connectivity index (χ1) is 7.61. The van der Waals surface area contributed by atoms with Gasteiger partial charge in [-0.3, -0.25) is 4.79 Å². The molecule has 0 bridgehead atoms. The number of hydrogen-bond acceptors (Lipinski definition) is 3. The predicted molar refractivity (Wildman–Crippen MR) is 63.1 cm³/mol. The second-order valence-electron chi connectivity index (χ2n) is 3.29. The van der Waals surface area contributed by atoms with Crippen molar-refractivity contribution in [2.45, 2.75) is 6.92 Å². The molecule has 0 atom stereocenters. The molecule has 0 spiro atoms. The molecule has 3 nitrogen and oxygen atoms in total. The van der Waals surface area contributed by atoms with Gasteiger partial charge in [-0.25, -0.2) is 0 Å². The van der Waals surface area contributed by atoms with Crippen molar-refractivity contribution in [3.63, 3.8) is 0 Å². The van der Waals surface area contributed by atoms with E-state index < -0.39 is 0 Å². The first-order valence-corrected chi connectivity index (χ1v) is 5.19. The largest absolute Gasteiger partial charge is 0.461 e. The fourth-order valence-electron chi connectivity index (χ4n) is 1.12. The average Bonchev–Trinajstić information content (AvgIpc) is 2.26. The van der Waals surface area contributed by atoms with Crippen LogP contribution in [0, 0.1) is 0 Å². The highest BCUT2D eigenvalue weighted by molar-refractivity contribution is 6.30. The van der Waals surface area contributed by atoms with Crippen molar-refractivity contribution < 1.29 is 14.6 Å². The second kappa shape index (κ2) is 6.30. The van der Waals surface area contributed by atoms with Gasteiger partial charge < -0.3 is 9.84 Å². The van der Waals surface area contributed by atoms with Gasteiger partial charge in [0.05, 0.1) is 6.61 Å². The van der Waals surface area contributed by atoms with Gasteiger partial charge in [0.15, 0.2) is 0 Å². The van der Waals surface area contributed by atoms with Crippen LogP contribution in [0.1, 0.15) is 12.5 Å². The van der Waals surface area contributed by atoms with Crippen molar-refractivity contribution in [2.75, 3.05) is 13.2 Å². The topological polar surface area (TPSA) is 46.5 Å². The Morgan fingerprint density at radius 2 is 2.06 bits per heavy atom. The van der Waals surface area contributed by atoms with E-state index in [4.69, 9.17) is 21.4 Å². The lowest BCUT2D eigenvalue weighted by Crippen LogP contribution is -2.05. The third-order valence-corrected chi connectivity index (χ3v) is 2.16. The van der Waals surface area contributed by atoms with Gasteiger partial charge in [-0.1, -0.05) is 29.8 Å². The Morgan fingerprint density at radius 3 is 2.56 bits per heavy atom. The van der Waals surface area contributed by atoms with E-state index in [-0.39, 0.29) is 19.2 Å². The highest BCUT2D eigenvalue weighted by Gasteiger charge is 1.99. The summed E-state index contributed by atoms with van der Waals surface area (Å²) in [5.41, 5.74) is 1.54. The summed E-state index contributed by atoms with van der Waals surface area (Å²) < 4.78 is 4.80. The molecular weight excluding hydrogens is 228 g/mol. The molecular formula is C12H13ClO3. The van der Waals surface area contributed by atoms with E-state index in [0.717, 1.165) is 5.56 Å². The first kappa shape index (κ1) is 12.7. The van der Waals surface area contributed by atoms with E-state index in [1.165, 1.54) is 6.92 Å². The molecule has 1 N–H and O–H groups in total. The number of esters is 1. The Kier molecular flexibility index (Phi) is 5.02. The lowest BCUT2D eigenvalue weighted by molar-refractivity contribution is -0.140. The number of benzene rings is 1. The number of hydrogen-bond donors (Lipinski definition) is 1. The highest BCUT2D eigenvalue weighted by atomic mass is 35.5. The molecule has 0 aliphatic carbocycles. The van der Waals surface area contributed by atoms with Gasteiger partial charge in [0, 0.05) is 11.9 Å². The predicted octanol–water partition coefficient (Wildman–Crippen LogP) is 2.28. The summed E-state index contributed by atoms with van der Waals surface area (Å²) in [4.78, 5) is 10.6. The van der Waals surface area contributed by atoms with Crippen LogP contribution < -0.4 is 0 Å². The summed E-state index contributed by atoms with van der Waals surface area (Å²) >= 11 is 5.75. The molecule has 0 fully saturated rings. The lowest BCUT2D eigenvalue weighted by Gasteiger charge is -2.04. The van der Waals surface area contributed by atoms with E-state index in [1.807, 2.05) is 12.1 Å². The van der Waals surface area contributed by atoms with Gasteiger partial charge in [-0.15, -0.1) is 0 Å². The molecule has 0 amide bonds. The number of carbonyl (C=O) groups is 1. The molecule has 1 rings (SSSR count). The summed E-state index contributed by atoms with van der Waals surface area (Å²) in [5, 5.41) is 9.72. The molecule has 0 heterocycles. The van der Waals surface area contributed by atoms with Crippen molar-refractivity contribution in [2.24, 2.45) is 0 Å². The minimum atomic E-state index is -0.365. The third kappa shape index (κ3) is 4.47. The smallest absolute Gasteiger partial charge is 0.302 e. The van der Waals surface area contributed by atoms with Crippen LogP contribution in [0.2, 0.25) is 5.02 Å². The minimum Gasteiger partial charge on any atom is -0.461 e. The maximum atomic E-state index is 10.6. The van der Waals surface area contributed by atoms with E-state index in [0.29, 0.717) is 10.6 Å². The maximum Gasteiger partial charge on any atom is 0.302 e. The molecule has 4 heteroatoms. The van der Waals surface area contributed by atoms with Crippen molar-refractivity contribution in [3.05, 3.63) is 40.4 Å². The normalized spacial score (nSPS) is 11.3. The van der Waals surface area contributed by atoms with Gasteiger partial charge in [0.2, 0.25) is 0 Å². The molecule has 0 saturated heterocycles. The average molecular weight is 241 g/mol. The molecule has 0 aromatic heterocycles. The SMILES string of the molecule is CC(=O)OC/C(=C/c1ccc(Cl)cc1)CO. The minimum absolute atomic E-state index is 0.106. The van der Waals surface area contributed by atoms with Gasteiger partial charge >= 0.3 is 5.97 Å².